The van der Waals surface area contributed by atoms with Crippen LogP contribution >= 0.6 is 15.9 Å². The number of carbonyl (C=O) groups excluding carboxylic acids is 1. The Morgan fingerprint density at radius 1 is 1.04 bits per heavy atom. The van der Waals surface area contributed by atoms with Crippen molar-refractivity contribution in [1.29, 1.82) is 0 Å². The zero-order valence-corrected chi connectivity index (χ0v) is 15.5. The fourth-order valence-electron chi connectivity index (χ4n) is 2.14. The Bertz CT molecular complexity index is 718. The topological polar surface area (TPSA) is 56.8 Å². The number of nitrogens with one attached hydrogen (secondary N) is 1. The zero-order chi connectivity index (χ0) is 17.5. The van der Waals surface area contributed by atoms with E-state index in [1.807, 2.05) is 19.9 Å². The van der Waals surface area contributed by atoms with E-state index in [-0.39, 0.29) is 5.91 Å². The number of hydrogen-bond acceptors (Lipinski definition) is 4. The van der Waals surface area contributed by atoms with Crippen molar-refractivity contribution < 1.29 is 19.0 Å². The van der Waals surface area contributed by atoms with Gasteiger partial charge >= 0.3 is 0 Å². The van der Waals surface area contributed by atoms with E-state index in [0.29, 0.717) is 46.2 Å². The number of ether oxygens (including phenoxy) is 3. The normalized spacial score (nSPS) is 10.2. The van der Waals surface area contributed by atoms with E-state index >= 15 is 0 Å². The summed E-state index contributed by atoms with van der Waals surface area (Å²) in [6.45, 7) is 4.84. The largest absolute Gasteiger partial charge is 0.497 e. The van der Waals surface area contributed by atoms with E-state index in [9.17, 15) is 4.79 Å². The molecule has 1 amide bonds. The van der Waals surface area contributed by atoms with Crippen LogP contribution in [0.3, 0.4) is 0 Å². The summed E-state index contributed by atoms with van der Waals surface area (Å²) in [7, 11) is 1.56. The van der Waals surface area contributed by atoms with Gasteiger partial charge in [-0.15, -0.1) is 0 Å². The molecule has 0 saturated carbocycles. The molecule has 0 unspecified atom stereocenters. The quantitative estimate of drug-likeness (QED) is 0.751. The van der Waals surface area contributed by atoms with Gasteiger partial charge in [0.2, 0.25) is 0 Å². The first-order valence-electron chi connectivity index (χ1n) is 7.63. The third kappa shape index (κ3) is 4.41. The molecule has 0 aliphatic rings. The molecule has 0 heterocycles. The van der Waals surface area contributed by atoms with Crippen molar-refractivity contribution in [2.75, 3.05) is 25.6 Å². The fourth-order valence-corrected chi connectivity index (χ4v) is 2.57. The van der Waals surface area contributed by atoms with E-state index in [1.165, 1.54) is 0 Å². The van der Waals surface area contributed by atoms with Crippen LogP contribution in [0.1, 0.15) is 24.2 Å². The first kappa shape index (κ1) is 18.1. The van der Waals surface area contributed by atoms with Crippen LogP contribution in [0, 0.1) is 0 Å². The highest BCUT2D eigenvalue weighted by atomic mass is 79.9. The number of hydrogen-bond donors (Lipinski definition) is 1. The molecular weight excluding hydrogens is 374 g/mol. The number of carbonyl (C=O) groups is 1. The lowest BCUT2D eigenvalue weighted by Crippen LogP contribution is -2.14. The smallest absolute Gasteiger partial charge is 0.257 e. The molecule has 2 aromatic rings. The second kappa shape index (κ2) is 8.59. The molecule has 128 valence electrons. The van der Waals surface area contributed by atoms with Crippen molar-refractivity contribution in [1.82, 2.24) is 0 Å². The average molecular weight is 394 g/mol. The summed E-state index contributed by atoms with van der Waals surface area (Å²) in [5.41, 5.74) is 1.03. The Hall–Kier alpha value is -2.21. The number of halogens is 1. The predicted molar refractivity (Wildman–Crippen MR) is 97.4 cm³/mol. The summed E-state index contributed by atoms with van der Waals surface area (Å²) in [5, 5.41) is 2.87. The second-order valence-electron chi connectivity index (χ2n) is 4.82. The summed E-state index contributed by atoms with van der Waals surface area (Å²) in [6.07, 6.45) is 0. The summed E-state index contributed by atoms with van der Waals surface area (Å²) < 4.78 is 16.9. The number of benzene rings is 2. The second-order valence-corrected chi connectivity index (χ2v) is 5.68. The average Bonchev–Trinajstić information content (AvgIpc) is 2.58. The molecule has 24 heavy (non-hydrogen) atoms. The Labute approximate surface area is 150 Å². The van der Waals surface area contributed by atoms with Gasteiger partial charge in [-0.2, -0.15) is 0 Å². The minimum Gasteiger partial charge on any atom is -0.497 e. The minimum atomic E-state index is -0.268. The first-order chi connectivity index (χ1) is 11.6. The van der Waals surface area contributed by atoms with Gasteiger partial charge in [-0.05, 0) is 60.1 Å². The Kier molecular flexibility index (Phi) is 6.49. The summed E-state index contributed by atoms with van der Waals surface area (Å²) >= 11 is 3.39. The third-order valence-electron chi connectivity index (χ3n) is 3.23. The van der Waals surface area contributed by atoms with Gasteiger partial charge < -0.3 is 19.5 Å². The minimum absolute atomic E-state index is 0.268. The third-order valence-corrected chi connectivity index (χ3v) is 3.92. The van der Waals surface area contributed by atoms with Crippen LogP contribution in [0.15, 0.2) is 40.9 Å². The molecule has 0 fully saturated rings. The van der Waals surface area contributed by atoms with Gasteiger partial charge in [-0.3, -0.25) is 4.79 Å². The molecule has 0 atom stereocenters. The van der Waals surface area contributed by atoms with E-state index in [4.69, 9.17) is 14.2 Å². The van der Waals surface area contributed by atoms with E-state index < -0.39 is 0 Å². The van der Waals surface area contributed by atoms with Crippen LogP contribution in [-0.2, 0) is 0 Å². The molecule has 0 aliphatic carbocycles. The SMILES string of the molecule is CCOc1ccc(OCC)c(NC(=O)c2cc(OC)ccc2Br)c1. The van der Waals surface area contributed by atoms with Gasteiger partial charge in [0.25, 0.3) is 5.91 Å². The van der Waals surface area contributed by atoms with Crippen LogP contribution in [0.5, 0.6) is 17.2 Å². The van der Waals surface area contributed by atoms with Crippen LogP contribution in [0.25, 0.3) is 0 Å². The van der Waals surface area contributed by atoms with Crippen molar-refractivity contribution in [2.45, 2.75) is 13.8 Å². The summed E-state index contributed by atoms with van der Waals surface area (Å²) in [5.74, 6) is 1.60. The van der Waals surface area contributed by atoms with Crippen molar-refractivity contribution in [3.8, 4) is 17.2 Å². The van der Waals surface area contributed by atoms with E-state index in [1.54, 1.807) is 37.4 Å². The van der Waals surface area contributed by atoms with Crippen LogP contribution in [0.2, 0.25) is 0 Å². The molecule has 0 aliphatic heterocycles. The number of anilines is 1. The Morgan fingerprint density at radius 2 is 1.75 bits per heavy atom. The summed E-state index contributed by atoms with van der Waals surface area (Å²) in [4.78, 5) is 12.6. The van der Waals surface area contributed by atoms with Crippen molar-refractivity contribution in [3.05, 3.63) is 46.4 Å². The van der Waals surface area contributed by atoms with Gasteiger partial charge in [0.15, 0.2) is 0 Å². The lowest BCUT2D eigenvalue weighted by Gasteiger charge is -2.14. The van der Waals surface area contributed by atoms with Crippen LogP contribution < -0.4 is 19.5 Å². The highest BCUT2D eigenvalue weighted by molar-refractivity contribution is 9.10. The van der Waals surface area contributed by atoms with E-state index in [0.717, 1.165) is 0 Å². The van der Waals surface area contributed by atoms with Crippen LogP contribution in [-0.4, -0.2) is 26.2 Å². The Morgan fingerprint density at radius 3 is 2.42 bits per heavy atom. The molecule has 1 N–H and O–H groups in total. The number of amides is 1. The van der Waals surface area contributed by atoms with Gasteiger partial charge in [-0.1, -0.05) is 0 Å². The molecule has 0 aromatic heterocycles. The zero-order valence-electron chi connectivity index (χ0n) is 13.9. The molecular formula is C18H20BrNO4. The summed E-state index contributed by atoms with van der Waals surface area (Å²) in [6, 6.07) is 10.6. The maximum atomic E-state index is 12.6. The maximum Gasteiger partial charge on any atom is 0.257 e. The highest BCUT2D eigenvalue weighted by Gasteiger charge is 2.15. The molecule has 0 radical (unpaired) electrons. The highest BCUT2D eigenvalue weighted by Crippen LogP contribution is 2.31. The van der Waals surface area contributed by atoms with Crippen LogP contribution in [0.4, 0.5) is 5.69 Å². The van der Waals surface area contributed by atoms with Crippen molar-refractivity contribution in [2.24, 2.45) is 0 Å². The van der Waals surface area contributed by atoms with Gasteiger partial charge in [0, 0.05) is 10.5 Å². The maximum absolute atomic E-state index is 12.6. The standard InChI is InChI=1S/C18H20BrNO4/c1-4-23-13-7-9-17(24-5-2)16(11-13)20-18(21)14-10-12(22-3)6-8-15(14)19/h6-11H,4-5H2,1-3H3,(H,20,21). The number of methoxy groups -OCH3 is 1. The molecule has 6 heteroatoms. The lowest BCUT2D eigenvalue weighted by molar-refractivity contribution is 0.102. The number of rotatable bonds is 7. The van der Waals surface area contributed by atoms with Gasteiger partial charge in [0.05, 0.1) is 31.6 Å². The predicted octanol–water partition coefficient (Wildman–Crippen LogP) is 4.51. The van der Waals surface area contributed by atoms with Gasteiger partial charge in [-0.25, -0.2) is 0 Å². The monoisotopic (exact) mass is 393 g/mol. The fraction of sp³-hybridized carbons (Fsp3) is 0.278. The first-order valence-corrected chi connectivity index (χ1v) is 8.42. The van der Waals surface area contributed by atoms with E-state index in [2.05, 4.69) is 21.2 Å². The van der Waals surface area contributed by atoms with Crippen molar-refractivity contribution >= 4 is 27.5 Å². The molecule has 5 nitrogen and oxygen atoms in total. The molecule has 2 rings (SSSR count). The molecule has 2 aromatic carbocycles. The van der Waals surface area contributed by atoms with Crippen molar-refractivity contribution in [3.63, 3.8) is 0 Å². The van der Waals surface area contributed by atoms with Gasteiger partial charge in [0.1, 0.15) is 17.2 Å². The molecule has 0 saturated heterocycles. The molecule has 0 bridgehead atoms. The molecule has 0 spiro atoms. The Balaban J connectivity index is 2.31. The lowest BCUT2D eigenvalue weighted by atomic mass is 10.2.